The number of rotatable bonds is 9. The van der Waals surface area contributed by atoms with Crippen LogP contribution in [0, 0.1) is 0 Å². The van der Waals surface area contributed by atoms with Gasteiger partial charge in [-0.1, -0.05) is 12.1 Å². The highest BCUT2D eigenvalue weighted by atomic mass is 32.2. The summed E-state index contributed by atoms with van der Waals surface area (Å²) in [7, 11) is 0. The number of nitrogens with zero attached hydrogens (tertiary/aromatic N) is 2. The second-order valence-electron chi connectivity index (χ2n) is 9.56. The standard InChI is InChI=1S/C19H22N2O3S.C13H11NO3S/c1-25-16-5-2-4-15(12-16)24-19-17(6-3-11-20-19)18(23)21-13-7-9-14(22)10-8-13;1-18-10-5-2-4-9(8-10)17-12-11(13(15)16)6-3-7-14-12/h2-6,11-14,22H,7-10H2,1H3,(H,21,23);2-8H,1H3,(H,15,16). The number of thioether (sulfide) groups is 2. The number of ether oxygens (including phenoxy) is 2. The Labute approximate surface area is 259 Å². The Morgan fingerprint density at radius 3 is 1.79 bits per heavy atom. The van der Waals surface area contributed by atoms with Crippen molar-refractivity contribution in [3.63, 3.8) is 0 Å². The van der Waals surface area contributed by atoms with Crippen LogP contribution < -0.4 is 14.8 Å². The van der Waals surface area contributed by atoms with Gasteiger partial charge in [0.05, 0.1) is 6.10 Å². The lowest BCUT2D eigenvalue weighted by atomic mass is 9.93. The van der Waals surface area contributed by atoms with Crippen LogP contribution in [-0.2, 0) is 0 Å². The number of pyridine rings is 2. The molecule has 1 fully saturated rings. The molecule has 5 rings (SSSR count). The van der Waals surface area contributed by atoms with Gasteiger partial charge in [0.1, 0.15) is 22.6 Å². The summed E-state index contributed by atoms with van der Waals surface area (Å²) < 4.78 is 11.4. The highest BCUT2D eigenvalue weighted by molar-refractivity contribution is 7.98. The van der Waals surface area contributed by atoms with Gasteiger partial charge in [-0.15, -0.1) is 23.5 Å². The van der Waals surface area contributed by atoms with E-state index in [1.54, 1.807) is 54.0 Å². The number of aromatic nitrogens is 2. The van der Waals surface area contributed by atoms with Crippen molar-refractivity contribution in [1.82, 2.24) is 15.3 Å². The molecule has 1 aliphatic rings. The largest absolute Gasteiger partial charge is 0.477 e. The molecule has 4 aromatic rings. The molecule has 0 aliphatic heterocycles. The SMILES string of the molecule is CSc1cccc(Oc2ncccc2C(=O)NC2CCC(O)CC2)c1.CSc1cccc(Oc2ncccc2C(=O)O)c1. The zero-order chi connectivity index (χ0) is 30.6. The lowest BCUT2D eigenvalue weighted by molar-refractivity contribution is 0.0693. The molecule has 11 heteroatoms. The molecule has 224 valence electrons. The molecule has 2 aromatic carbocycles. The Kier molecular flexibility index (Phi) is 11.8. The van der Waals surface area contributed by atoms with Gasteiger partial charge in [-0.3, -0.25) is 4.79 Å². The molecule has 1 aliphatic carbocycles. The van der Waals surface area contributed by atoms with Crippen LogP contribution in [0.3, 0.4) is 0 Å². The van der Waals surface area contributed by atoms with Crippen molar-refractivity contribution in [3.8, 4) is 23.3 Å². The highest BCUT2D eigenvalue weighted by Gasteiger charge is 2.23. The summed E-state index contributed by atoms with van der Waals surface area (Å²) in [5.41, 5.74) is 0.468. The van der Waals surface area contributed by atoms with E-state index < -0.39 is 5.97 Å². The lowest BCUT2D eigenvalue weighted by Crippen LogP contribution is -2.38. The van der Waals surface area contributed by atoms with Crippen LogP contribution in [0.1, 0.15) is 46.4 Å². The van der Waals surface area contributed by atoms with Gasteiger partial charge in [0.15, 0.2) is 0 Å². The molecule has 1 amide bonds. The first kappa shape index (κ1) is 31.9. The number of nitrogens with one attached hydrogen (secondary N) is 1. The Hall–Kier alpha value is -4.06. The lowest BCUT2D eigenvalue weighted by Gasteiger charge is -2.26. The third-order valence-corrected chi connectivity index (χ3v) is 8.01. The minimum atomic E-state index is -1.06. The quantitative estimate of drug-likeness (QED) is 0.170. The van der Waals surface area contributed by atoms with Crippen molar-refractivity contribution in [1.29, 1.82) is 0 Å². The zero-order valence-corrected chi connectivity index (χ0v) is 25.4. The molecule has 0 bridgehead atoms. The fourth-order valence-corrected chi connectivity index (χ4v) is 5.21. The molecule has 9 nitrogen and oxygen atoms in total. The summed E-state index contributed by atoms with van der Waals surface area (Å²) in [6, 6.07) is 21.6. The third kappa shape index (κ3) is 9.47. The number of hydrogen-bond donors (Lipinski definition) is 3. The van der Waals surface area contributed by atoms with Crippen molar-refractivity contribution >= 4 is 35.4 Å². The number of carbonyl (C=O) groups is 2. The number of amides is 1. The molecule has 0 radical (unpaired) electrons. The Bertz CT molecular complexity index is 1530. The van der Waals surface area contributed by atoms with Crippen LogP contribution in [0.4, 0.5) is 0 Å². The maximum absolute atomic E-state index is 12.6. The summed E-state index contributed by atoms with van der Waals surface area (Å²) in [4.78, 5) is 33.9. The Morgan fingerprint density at radius 1 is 0.767 bits per heavy atom. The first-order valence-corrected chi connectivity index (χ1v) is 16.1. The van der Waals surface area contributed by atoms with Crippen molar-refractivity contribution in [2.24, 2.45) is 0 Å². The zero-order valence-electron chi connectivity index (χ0n) is 23.8. The number of aromatic carboxylic acids is 1. The van der Waals surface area contributed by atoms with Crippen LogP contribution in [-0.4, -0.2) is 56.7 Å². The second kappa shape index (κ2) is 16.0. The average Bonchev–Trinajstić information content (AvgIpc) is 3.03. The highest BCUT2D eigenvalue weighted by Crippen LogP contribution is 2.28. The van der Waals surface area contributed by atoms with Crippen molar-refractivity contribution in [3.05, 3.63) is 96.3 Å². The molecule has 0 unspecified atom stereocenters. The van der Waals surface area contributed by atoms with Gasteiger partial charge in [-0.05, 0) is 98.9 Å². The predicted molar refractivity (Wildman–Crippen MR) is 168 cm³/mol. The normalized spacial score (nSPS) is 15.9. The average molecular weight is 620 g/mol. The van der Waals surface area contributed by atoms with E-state index >= 15 is 0 Å². The number of carbonyl (C=O) groups excluding carboxylic acids is 1. The van der Waals surface area contributed by atoms with Gasteiger partial charge in [0, 0.05) is 28.2 Å². The smallest absolute Gasteiger partial charge is 0.341 e. The van der Waals surface area contributed by atoms with E-state index in [0.29, 0.717) is 22.9 Å². The van der Waals surface area contributed by atoms with Crippen molar-refractivity contribution in [2.75, 3.05) is 12.5 Å². The first-order chi connectivity index (χ1) is 20.9. The number of carboxylic acids is 1. The third-order valence-electron chi connectivity index (χ3n) is 6.56. The van der Waals surface area contributed by atoms with Gasteiger partial charge in [-0.2, -0.15) is 0 Å². The van der Waals surface area contributed by atoms with E-state index in [0.717, 1.165) is 35.5 Å². The van der Waals surface area contributed by atoms with E-state index in [1.807, 2.05) is 55.0 Å². The van der Waals surface area contributed by atoms with Crippen LogP contribution in [0.2, 0.25) is 0 Å². The van der Waals surface area contributed by atoms with Crippen LogP contribution in [0.15, 0.2) is 95.0 Å². The van der Waals surface area contributed by atoms with Gasteiger partial charge < -0.3 is 25.0 Å². The van der Waals surface area contributed by atoms with Gasteiger partial charge >= 0.3 is 5.97 Å². The fourth-order valence-electron chi connectivity index (χ4n) is 4.32. The second-order valence-corrected chi connectivity index (χ2v) is 11.3. The topological polar surface area (TPSA) is 131 Å². The number of aliphatic hydroxyl groups is 1. The number of carboxylic acid groups (broad SMARTS) is 1. The first-order valence-electron chi connectivity index (χ1n) is 13.6. The van der Waals surface area contributed by atoms with Crippen LogP contribution in [0.5, 0.6) is 23.3 Å². The number of benzene rings is 2. The molecule has 1 saturated carbocycles. The summed E-state index contributed by atoms with van der Waals surface area (Å²) in [5.74, 6) is 0.380. The van der Waals surface area contributed by atoms with E-state index in [4.69, 9.17) is 14.6 Å². The number of aliphatic hydroxyl groups excluding tert-OH is 1. The van der Waals surface area contributed by atoms with E-state index in [2.05, 4.69) is 15.3 Å². The maximum atomic E-state index is 12.6. The molecule has 43 heavy (non-hydrogen) atoms. The monoisotopic (exact) mass is 619 g/mol. The molecule has 0 saturated heterocycles. The summed E-state index contributed by atoms with van der Waals surface area (Å²) in [6.45, 7) is 0. The van der Waals surface area contributed by atoms with Gasteiger partial charge in [0.2, 0.25) is 11.8 Å². The molecule has 0 atom stereocenters. The summed E-state index contributed by atoms with van der Waals surface area (Å²) in [6.07, 6.45) is 9.86. The Balaban J connectivity index is 0.000000208. The fraction of sp³-hybridized carbons (Fsp3) is 0.250. The van der Waals surface area contributed by atoms with E-state index in [9.17, 15) is 14.7 Å². The maximum Gasteiger partial charge on any atom is 0.341 e. The van der Waals surface area contributed by atoms with Crippen LogP contribution >= 0.6 is 23.5 Å². The van der Waals surface area contributed by atoms with E-state index in [-0.39, 0.29) is 29.5 Å². The molecular weight excluding hydrogens is 587 g/mol. The Morgan fingerprint density at radius 2 is 1.28 bits per heavy atom. The van der Waals surface area contributed by atoms with Crippen LogP contribution in [0.25, 0.3) is 0 Å². The minimum absolute atomic E-state index is 0.0482. The van der Waals surface area contributed by atoms with Gasteiger partial charge in [-0.25, -0.2) is 14.8 Å². The van der Waals surface area contributed by atoms with E-state index in [1.165, 1.54) is 12.3 Å². The molecule has 0 spiro atoms. The van der Waals surface area contributed by atoms with Crippen molar-refractivity contribution < 1.29 is 29.3 Å². The molecule has 2 aromatic heterocycles. The predicted octanol–water partition coefficient (Wildman–Crippen LogP) is 6.92. The molecule has 2 heterocycles. The van der Waals surface area contributed by atoms with Crippen molar-refractivity contribution in [2.45, 2.75) is 47.6 Å². The number of hydrogen-bond acceptors (Lipinski definition) is 9. The minimum Gasteiger partial charge on any atom is -0.477 e. The summed E-state index contributed by atoms with van der Waals surface area (Å²) >= 11 is 3.21. The molecular formula is C32H33N3O6S2. The summed E-state index contributed by atoms with van der Waals surface area (Å²) in [5, 5.41) is 21.6. The van der Waals surface area contributed by atoms with Gasteiger partial charge in [0.25, 0.3) is 5.91 Å². The molecule has 3 N–H and O–H groups in total.